The van der Waals surface area contributed by atoms with Crippen LogP contribution in [-0.2, 0) is 4.74 Å². The van der Waals surface area contributed by atoms with Crippen molar-refractivity contribution in [2.24, 2.45) is 0 Å². The molecule has 0 heterocycles. The number of carbonyl (C=O) groups excluding carboxylic acids is 2. The maximum atomic E-state index is 11.6. The molecule has 5 heteroatoms. The van der Waals surface area contributed by atoms with Gasteiger partial charge in [-0.15, -0.1) is 0 Å². The van der Waals surface area contributed by atoms with Crippen molar-refractivity contribution < 1.29 is 14.3 Å². The Labute approximate surface area is 107 Å². The van der Waals surface area contributed by atoms with E-state index >= 15 is 0 Å². The van der Waals surface area contributed by atoms with E-state index in [4.69, 9.17) is 0 Å². The second-order valence-electron chi connectivity index (χ2n) is 3.98. The largest absolute Gasteiger partial charge is 0.465 e. The van der Waals surface area contributed by atoms with Crippen molar-refractivity contribution in [3.63, 3.8) is 0 Å². The van der Waals surface area contributed by atoms with Gasteiger partial charge in [-0.25, -0.2) is 9.59 Å². The molecule has 2 N–H and O–H groups in total. The Morgan fingerprint density at radius 3 is 2.72 bits per heavy atom. The maximum Gasteiger partial charge on any atom is 0.337 e. The third kappa shape index (κ3) is 4.08. The van der Waals surface area contributed by atoms with Gasteiger partial charge >= 0.3 is 12.0 Å². The van der Waals surface area contributed by atoms with Crippen LogP contribution in [0.5, 0.6) is 0 Å². The summed E-state index contributed by atoms with van der Waals surface area (Å²) in [4.78, 5) is 22.9. The van der Waals surface area contributed by atoms with Crippen molar-refractivity contribution in [3.8, 4) is 0 Å². The summed E-state index contributed by atoms with van der Waals surface area (Å²) >= 11 is 0. The highest BCUT2D eigenvalue weighted by Gasteiger charge is 2.08. The number of hydrogen-bond acceptors (Lipinski definition) is 3. The van der Waals surface area contributed by atoms with Gasteiger partial charge in [0.15, 0.2) is 0 Å². The van der Waals surface area contributed by atoms with Crippen LogP contribution in [0.1, 0.15) is 30.6 Å². The molecule has 1 atom stereocenters. The molecular weight excluding hydrogens is 232 g/mol. The van der Waals surface area contributed by atoms with E-state index in [1.54, 1.807) is 24.3 Å². The SMILES string of the molecule is CCC(C)NC(=O)Nc1cccc(C(=O)OC)c1. The number of carbonyl (C=O) groups is 2. The number of nitrogens with one attached hydrogen (secondary N) is 2. The first-order chi connectivity index (χ1) is 8.56. The minimum absolute atomic E-state index is 0.105. The molecule has 0 bridgehead atoms. The summed E-state index contributed by atoms with van der Waals surface area (Å²) in [6.07, 6.45) is 0.857. The molecule has 0 saturated heterocycles. The van der Waals surface area contributed by atoms with Crippen LogP contribution in [0.15, 0.2) is 24.3 Å². The van der Waals surface area contributed by atoms with E-state index in [2.05, 4.69) is 15.4 Å². The monoisotopic (exact) mass is 250 g/mol. The van der Waals surface area contributed by atoms with Gasteiger partial charge in [-0.05, 0) is 31.5 Å². The van der Waals surface area contributed by atoms with Crippen LogP contribution in [0, 0.1) is 0 Å². The summed E-state index contributed by atoms with van der Waals surface area (Å²) in [7, 11) is 1.32. The van der Waals surface area contributed by atoms with E-state index in [0.29, 0.717) is 11.3 Å². The number of rotatable bonds is 4. The van der Waals surface area contributed by atoms with Gasteiger partial charge in [0, 0.05) is 11.7 Å². The van der Waals surface area contributed by atoms with Crippen molar-refractivity contribution in [1.29, 1.82) is 0 Å². The smallest absolute Gasteiger partial charge is 0.337 e. The minimum atomic E-state index is -0.430. The lowest BCUT2D eigenvalue weighted by Crippen LogP contribution is -2.35. The second-order valence-corrected chi connectivity index (χ2v) is 3.98. The van der Waals surface area contributed by atoms with Crippen LogP contribution in [0.4, 0.5) is 10.5 Å². The molecule has 1 aromatic carbocycles. The van der Waals surface area contributed by atoms with Crippen molar-refractivity contribution in [3.05, 3.63) is 29.8 Å². The maximum absolute atomic E-state index is 11.6. The standard InChI is InChI=1S/C13H18N2O3/c1-4-9(2)14-13(17)15-11-7-5-6-10(8-11)12(16)18-3/h5-9H,4H2,1-3H3,(H2,14,15,17). The predicted molar refractivity (Wildman–Crippen MR) is 69.7 cm³/mol. The Morgan fingerprint density at radius 1 is 1.39 bits per heavy atom. The molecular formula is C13H18N2O3. The first-order valence-electron chi connectivity index (χ1n) is 5.82. The molecule has 1 rings (SSSR count). The highest BCUT2D eigenvalue weighted by Crippen LogP contribution is 2.11. The Balaban J connectivity index is 2.67. The first-order valence-corrected chi connectivity index (χ1v) is 5.82. The van der Waals surface area contributed by atoms with Gasteiger partial charge in [-0.3, -0.25) is 0 Å². The van der Waals surface area contributed by atoms with Crippen LogP contribution in [0.3, 0.4) is 0 Å². The lowest BCUT2D eigenvalue weighted by Gasteiger charge is -2.12. The Morgan fingerprint density at radius 2 is 2.11 bits per heavy atom. The highest BCUT2D eigenvalue weighted by atomic mass is 16.5. The number of methoxy groups -OCH3 is 1. The molecule has 0 saturated carbocycles. The zero-order valence-electron chi connectivity index (χ0n) is 10.8. The highest BCUT2D eigenvalue weighted by molar-refractivity contribution is 5.93. The molecule has 0 spiro atoms. The van der Waals surface area contributed by atoms with E-state index < -0.39 is 5.97 Å². The van der Waals surface area contributed by atoms with Gasteiger partial charge in [-0.1, -0.05) is 13.0 Å². The molecule has 0 aliphatic rings. The molecule has 98 valence electrons. The minimum Gasteiger partial charge on any atom is -0.465 e. The van der Waals surface area contributed by atoms with Crippen molar-refractivity contribution in [2.75, 3.05) is 12.4 Å². The quantitative estimate of drug-likeness (QED) is 0.806. The van der Waals surface area contributed by atoms with Crippen LogP contribution in [-0.4, -0.2) is 25.2 Å². The normalized spacial score (nSPS) is 11.5. The van der Waals surface area contributed by atoms with Gasteiger partial charge in [0.2, 0.25) is 0 Å². The average molecular weight is 250 g/mol. The third-order valence-corrected chi connectivity index (χ3v) is 2.53. The second kappa shape index (κ2) is 6.64. The van der Waals surface area contributed by atoms with Gasteiger partial charge in [-0.2, -0.15) is 0 Å². The molecule has 0 aliphatic heterocycles. The van der Waals surface area contributed by atoms with E-state index in [0.717, 1.165) is 6.42 Å². The van der Waals surface area contributed by atoms with E-state index in [-0.39, 0.29) is 12.1 Å². The number of benzene rings is 1. The summed E-state index contributed by atoms with van der Waals surface area (Å²) in [5.74, 6) is -0.430. The van der Waals surface area contributed by atoms with E-state index in [1.165, 1.54) is 7.11 Å². The lowest BCUT2D eigenvalue weighted by atomic mass is 10.2. The molecule has 5 nitrogen and oxygen atoms in total. The molecule has 1 unspecified atom stereocenters. The van der Waals surface area contributed by atoms with Crippen molar-refractivity contribution in [1.82, 2.24) is 5.32 Å². The van der Waals surface area contributed by atoms with Crippen LogP contribution in [0.25, 0.3) is 0 Å². The van der Waals surface area contributed by atoms with Gasteiger partial charge < -0.3 is 15.4 Å². The first kappa shape index (κ1) is 14.0. The topological polar surface area (TPSA) is 67.4 Å². The van der Waals surface area contributed by atoms with Crippen LogP contribution < -0.4 is 10.6 Å². The molecule has 2 amide bonds. The number of esters is 1. The fourth-order valence-corrected chi connectivity index (χ4v) is 1.33. The molecule has 1 aromatic rings. The summed E-state index contributed by atoms with van der Waals surface area (Å²) in [5, 5.41) is 5.44. The zero-order chi connectivity index (χ0) is 13.5. The molecule has 0 aliphatic carbocycles. The van der Waals surface area contributed by atoms with Gasteiger partial charge in [0.25, 0.3) is 0 Å². The number of amides is 2. The summed E-state index contributed by atoms with van der Waals surface area (Å²) in [5.41, 5.74) is 0.956. The predicted octanol–water partition coefficient (Wildman–Crippen LogP) is 2.39. The number of ether oxygens (including phenoxy) is 1. The third-order valence-electron chi connectivity index (χ3n) is 2.53. The fraction of sp³-hybridized carbons (Fsp3) is 0.385. The Hall–Kier alpha value is -2.04. The summed E-state index contributed by atoms with van der Waals surface area (Å²) < 4.78 is 4.61. The van der Waals surface area contributed by atoms with Gasteiger partial charge in [0.1, 0.15) is 0 Å². The summed E-state index contributed by atoms with van der Waals surface area (Å²) in [6.45, 7) is 3.91. The molecule has 0 aromatic heterocycles. The number of urea groups is 1. The summed E-state index contributed by atoms with van der Waals surface area (Å²) in [6, 6.07) is 6.42. The van der Waals surface area contributed by atoms with Crippen LogP contribution >= 0.6 is 0 Å². The van der Waals surface area contributed by atoms with E-state index in [1.807, 2.05) is 13.8 Å². The number of hydrogen-bond donors (Lipinski definition) is 2. The van der Waals surface area contributed by atoms with Gasteiger partial charge in [0.05, 0.1) is 12.7 Å². The Kier molecular flexibility index (Phi) is 5.17. The molecule has 18 heavy (non-hydrogen) atoms. The lowest BCUT2D eigenvalue weighted by molar-refractivity contribution is 0.0600. The fourth-order valence-electron chi connectivity index (χ4n) is 1.33. The number of anilines is 1. The Bertz CT molecular complexity index is 432. The van der Waals surface area contributed by atoms with Crippen LogP contribution in [0.2, 0.25) is 0 Å². The van der Waals surface area contributed by atoms with E-state index in [9.17, 15) is 9.59 Å². The van der Waals surface area contributed by atoms with Crippen molar-refractivity contribution in [2.45, 2.75) is 26.3 Å². The van der Waals surface area contributed by atoms with Crippen molar-refractivity contribution >= 4 is 17.7 Å². The average Bonchev–Trinajstić information content (AvgIpc) is 2.37. The zero-order valence-corrected chi connectivity index (χ0v) is 10.8. The molecule has 0 radical (unpaired) electrons. The molecule has 0 fully saturated rings.